The lowest BCUT2D eigenvalue weighted by Crippen LogP contribution is -2.07. The van der Waals surface area contributed by atoms with Crippen molar-refractivity contribution in [3.63, 3.8) is 0 Å². The molecule has 4 heteroatoms. The molecule has 104 valence electrons. The molecule has 0 radical (unpaired) electrons. The standard InChI is InChI=1S/C16H14Br2O2/c1-10-3-4-13(18)9-14(10)15(19)8-11-7-12(17)5-6-16(11)20-2/h3-7,9H,8H2,1-2H3. The van der Waals surface area contributed by atoms with E-state index in [1.54, 1.807) is 7.11 Å². The lowest BCUT2D eigenvalue weighted by Gasteiger charge is -2.10. The third-order valence-corrected chi connectivity index (χ3v) is 4.08. The van der Waals surface area contributed by atoms with Crippen LogP contribution in [0.3, 0.4) is 0 Å². The van der Waals surface area contributed by atoms with Gasteiger partial charge < -0.3 is 4.74 Å². The minimum absolute atomic E-state index is 0.0835. The molecule has 2 aromatic carbocycles. The maximum atomic E-state index is 12.5. The van der Waals surface area contributed by atoms with Gasteiger partial charge in [0.25, 0.3) is 0 Å². The van der Waals surface area contributed by atoms with E-state index in [1.165, 1.54) is 0 Å². The number of Topliss-reactive ketones (excluding diaryl/α,β-unsaturated/α-hetero) is 1. The zero-order valence-corrected chi connectivity index (χ0v) is 14.4. The van der Waals surface area contributed by atoms with Crippen LogP contribution in [0.1, 0.15) is 21.5 Å². The first kappa shape index (κ1) is 15.3. The molecule has 0 aliphatic heterocycles. The fraction of sp³-hybridized carbons (Fsp3) is 0.188. The van der Waals surface area contributed by atoms with E-state index in [1.807, 2.05) is 43.3 Å². The number of hydrogen-bond acceptors (Lipinski definition) is 2. The Morgan fingerprint density at radius 2 is 1.75 bits per heavy atom. The Morgan fingerprint density at radius 1 is 1.10 bits per heavy atom. The minimum Gasteiger partial charge on any atom is -0.496 e. The van der Waals surface area contributed by atoms with E-state index in [-0.39, 0.29) is 5.78 Å². The Hall–Kier alpha value is -1.13. The second-order valence-corrected chi connectivity index (χ2v) is 6.35. The van der Waals surface area contributed by atoms with Crippen molar-refractivity contribution in [2.24, 2.45) is 0 Å². The van der Waals surface area contributed by atoms with Crippen molar-refractivity contribution in [2.45, 2.75) is 13.3 Å². The maximum Gasteiger partial charge on any atom is 0.167 e. The summed E-state index contributed by atoms with van der Waals surface area (Å²) in [4.78, 5) is 12.5. The molecule has 2 aromatic rings. The summed E-state index contributed by atoms with van der Waals surface area (Å²) in [5, 5.41) is 0. The zero-order valence-electron chi connectivity index (χ0n) is 11.2. The van der Waals surface area contributed by atoms with Crippen LogP contribution in [0.15, 0.2) is 45.3 Å². The van der Waals surface area contributed by atoms with Crippen LogP contribution in [-0.2, 0) is 6.42 Å². The number of ketones is 1. The second kappa shape index (κ2) is 6.55. The average Bonchev–Trinajstić information content (AvgIpc) is 2.41. The van der Waals surface area contributed by atoms with Crippen molar-refractivity contribution < 1.29 is 9.53 Å². The summed E-state index contributed by atoms with van der Waals surface area (Å²) in [5.41, 5.74) is 2.60. The van der Waals surface area contributed by atoms with Gasteiger partial charge in [0.2, 0.25) is 0 Å². The molecule has 0 saturated carbocycles. The van der Waals surface area contributed by atoms with Crippen LogP contribution in [0.2, 0.25) is 0 Å². The number of carbonyl (C=O) groups excluding carboxylic acids is 1. The number of rotatable bonds is 4. The Bertz CT molecular complexity index is 651. The number of aryl methyl sites for hydroxylation is 1. The quantitative estimate of drug-likeness (QED) is 0.682. The number of ether oxygens (including phenoxy) is 1. The molecule has 2 rings (SSSR count). The number of carbonyl (C=O) groups is 1. The van der Waals surface area contributed by atoms with Gasteiger partial charge in [-0.1, -0.05) is 37.9 Å². The lowest BCUT2D eigenvalue weighted by molar-refractivity contribution is 0.0991. The van der Waals surface area contributed by atoms with Gasteiger partial charge in [0, 0.05) is 26.5 Å². The van der Waals surface area contributed by atoms with Gasteiger partial charge in [0.05, 0.1) is 7.11 Å². The van der Waals surface area contributed by atoms with Gasteiger partial charge >= 0.3 is 0 Å². The van der Waals surface area contributed by atoms with Gasteiger partial charge in [0.1, 0.15) is 5.75 Å². The zero-order chi connectivity index (χ0) is 14.7. The summed E-state index contributed by atoms with van der Waals surface area (Å²) in [6.45, 7) is 1.94. The number of hydrogen-bond donors (Lipinski definition) is 0. The Kier molecular flexibility index (Phi) is 5.00. The highest BCUT2D eigenvalue weighted by Crippen LogP contribution is 2.25. The molecular formula is C16H14Br2O2. The predicted octanol–water partition coefficient (Wildman–Crippen LogP) is 4.95. The SMILES string of the molecule is COc1ccc(Br)cc1CC(=O)c1cc(Br)ccc1C. The van der Waals surface area contributed by atoms with Crippen molar-refractivity contribution >= 4 is 37.6 Å². The first-order chi connectivity index (χ1) is 9.51. The first-order valence-corrected chi connectivity index (χ1v) is 7.71. The highest BCUT2D eigenvalue weighted by molar-refractivity contribution is 9.10. The van der Waals surface area contributed by atoms with E-state index in [4.69, 9.17) is 4.74 Å². The van der Waals surface area contributed by atoms with Crippen molar-refractivity contribution in [3.05, 3.63) is 62.0 Å². The molecule has 0 N–H and O–H groups in total. The van der Waals surface area contributed by atoms with Crippen LogP contribution in [0.4, 0.5) is 0 Å². The van der Waals surface area contributed by atoms with E-state index in [0.29, 0.717) is 6.42 Å². The average molecular weight is 398 g/mol. The maximum absolute atomic E-state index is 12.5. The number of halogens is 2. The lowest BCUT2D eigenvalue weighted by atomic mass is 9.99. The van der Waals surface area contributed by atoms with Crippen LogP contribution >= 0.6 is 31.9 Å². The van der Waals surface area contributed by atoms with Gasteiger partial charge in [-0.3, -0.25) is 4.79 Å². The fourth-order valence-electron chi connectivity index (χ4n) is 2.05. The normalized spacial score (nSPS) is 10.4. The molecule has 0 atom stereocenters. The summed E-state index contributed by atoms with van der Waals surface area (Å²) < 4.78 is 7.16. The highest BCUT2D eigenvalue weighted by Gasteiger charge is 2.13. The third-order valence-electron chi connectivity index (χ3n) is 3.09. The Morgan fingerprint density at radius 3 is 2.45 bits per heavy atom. The topological polar surface area (TPSA) is 26.3 Å². The number of benzene rings is 2. The van der Waals surface area contributed by atoms with Gasteiger partial charge in [-0.15, -0.1) is 0 Å². The smallest absolute Gasteiger partial charge is 0.167 e. The largest absolute Gasteiger partial charge is 0.496 e. The van der Waals surface area contributed by atoms with Crippen LogP contribution < -0.4 is 4.74 Å². The molecule has 0 unspecified atom stereocenters. The Labute approximate surface area is 135 Å². The van der Waals surface area contributed by atoms with Gasteiger partial charge in [0.15, 0.2) is 5.78 Å². The van der Waals surface area contributed by atoms with Crippen molar-refractivity contribution in [2.75, 3.05) is 7.11 Å². The molecule has 0 spiro atoms. The van der Waals surface area contributed by atoms with Gasteiger partial charge in [-0.05, 0) is 42.8 Å². The molecule has 0 aliphatic carbocycles. The summed E-state index contributed by atoms with van der Waals surface area (Å²) in [5.74, 6) is 0.814. The van der Waals surface area contributed by atoms with E-state index in [2.05, 4.69) is 31.9 Å². The van der Waals surface area contributed by atoms with E-state index in [0.717, 1.165) is 31.4 Å². The molecule has 0 bridgehead atoms. The summed E-state index contributed by atoms with van der Waals surface area (Å²) in [6.07, 6.45) is 0.319. The van der Waals surface area contributed by atoms with Crippen molar-refractivity contribution in [1.82, 2.24) is 0 Å². The summed E-state index contributed by atoms with van der Waals surface area (Å²) >= 11 is 6.83. The molecule has 2 nitrogen and oxygen atoms in total. The molecule has 20 heavy (non-hydrogen) atoms. The monoisotopic (exact) mass is 396 g/mol. The molecule has 0 aliphatic rings. The highest BCUT2D eigenvalue weighted by atomic mass is 79.9. The second-order valence-electron chi connectivity index (χ2n) is 4.52. The fourth-order valence-corrected chi connectivity index (χ4v) is 2.82. The van der Waals surface area contributed by atoms with Crippen molar-refractivity contribution in [3.8, 4) is 5.75 Å². The van der Waals surface area contributed by atoms with Crippen molar-refractivity contribution in [1.29, 1.82) is 0 Å². The molecule has 0 aromatic heterocycles. The van der Waals surface area contributed by atoms with Crippen LogP contribution in [0, 0.1) is 6.92 Å². The predicted molar refractivity (Wildman–Crippen MR) is 87.6 cm³/mol. The van der Waals surface area contributed by atoms with Crippen LogP contribution in [-0.4, -0.2) is 12.9 Å². The first-order valence-electron chi connectivity index (χ1n) is 6.13. The molecule has 0 heterocycles. The number of methoxy groups -OCH3 is 1. The minimum atomic E-state index is 0.0835. The summed E-state index contributed by atoms with van der Waals surface area (Å²) in [7, 11) is 1.61. The Balaban J connectivity index is 2.32. The van der Waals surface area contributed by atoms with Gasteiger partial charge in [-0.25, -0.2) is 0 Å². The van der Waals surface area contributed by atoms with E-state index >= 15 is 0 Å². The van der Waals surface area contributed by atoms with E-state index < -0.39 is 0 Å². The summed E-state index contributed by atoms with van der Waals surface area (Å²) in [6, 6.07) is 11.4. The molecule has 0 amide bonds. The molecule has 0 fully saturated rings. The molecular weight excluding hydrogens is 384 g/mol. The van der Waals surface area contributed by atoms with Gasteiger partial charge in [-0.2, -0.15) is 0 Å². The molecule has 0 saturated heterocycles. The third kappa shape index (κ3) is 3.49. The van der Waals surface area contributed by atoms with Crippen LogP contribution in [0.25, 0.3) is 0 Å². The van der Waals surface area contributed by atoms with Crippen LogP contribution in [0.5, 0.6) is 5.75 Å². The van der Waals surface area contributed by atoms with E-state index in [9.17, 15) is 4.79 Å².